The van der Waals surface area contributed by atoms with E-state index in [1.54, 1.807) is 6.07 Å². The number of rotatable bonds is 7. The molecule has 184 valence electrons. The van der Waals surface area contributed by atoms with E-state index in [1.165, 1.54) is 12.1 Å². The molecule has 1 aliphatic heterocycles. The molecule has 2 aliphatic rings. The van der Waals surface area contributed by atoms with Gasteiger partial charge in [-0.2, -0.15) is 4.98 Å². The number of ether oxygens (including phenoxy) is 1. The highest BCUT2D eigenvalue weighted by atomic mass is 35.5. The van der Waals surface area contributed by atoms with Gasteiger partial charge in [-0.1, -0.05) is 23.7 Å². The number of hydrogen-bond donors (Lipinski definition) is 2. The molecule has 1 aromatic heterocycles. The molecule has 0 amide bonds. The lowest BCUT2D eigenvalue weighted by atomic mass is 9.86. The van der Waals surface area contributed by atoms with Crippen LogP contribution in [-0.2, 0) is 0 Å². The van der Waals surface area contributed by atoms with Crippen LogP contribution in [0.2, 0.25) is 0 Å². The summed E-state index contributed by atoms with van der Waals surface area (Å²) >= 11 is 6.54. The number of anilines is 2. The Hall–Kier alpha value is -2.90. The van der Waals surface area contributed by atoms with Crippen molar-refractivity contribution < 1.29 is 9.13 Å². The maximum atomic E-state index is 13.6. The third-order valence-corrected chi connectivity index (χ3v) is 7.32. The van der Waals surface area contributed by atoms with E-state index in [4.69, 9.17) is 26.3 Å². The average Bonchev–Trinajstić information content (AvgIpc) is 2.86. The monoisotopic (exact) mass is 495 g/mol. The Bertz CT molecular complexity index is 1240. The van der Waals surface area contributed by atoms with Crippen LogP contribution in [0.4, 0.5) is 16.2 Å². The van der Waals surface area contributed by atoms with Crippen LogP contribution < -0.4 is 20.3 Å². The van der Waals surface area contributed by atoms with Crippen molar-refractivity contribution in [1.29, 1.82) is 0 Å². The Balaban J connectivity index is 1.13. The van der Waals surface area contributed by atoms with Crippen LogP contribution in [0.5, 0.6) is 5.75 Å². The smallest absolute Gasteiger partial charge is 0.225 e. The van der Waals surface area contributed by atoms with Crippen LogP contribution >= 0.6 is 11.6 Å². The summed E-state index contributed by atoms with van der Waals surface area (Å²) in [7, 11) is 4.02. The minimum atomic E-state index is -0.308. The van der Waals surface area contributed by atoms with E-state index in [-0.39, 0.29) is 5.82 Å². The predicted octanol–water partition coefficient (Wildman–Crippen LogP) is 5.44. The molecule has 0 radical (unpaired) electrons. The molecular weight excluding hydrogens is 465 g/mol. The van der Waals surface area contributed by atoms with Crippen LogP contribution in [-0.4, -0.2) is 49.8 Å². The minimum absolute atomic E-state index is 0.308. The summed E-state index contributed by atoms with van der Waals surface area (Å²) in [5.74, 6) is 2.57. The van der Waals surface area contributed by atoms with E-state index in [2.05, 4.69) is 16.7 Å². The molecule has 2 N–H and O–H groups in total. The lowest BCUT2D eigenvalue weighted by Crippen LogP contribution is -2.33. The van der Waals surface area contributed by atoms with Crippen molar-refractivity contribution in [2.24, 2.45) is 5.92 Å². The van der Waals surface area contributed by atoms with Crippen molar-refractivity contribution in [3.8, 4) is 5.75 Å². The molecule has 1 fully saturated rings. The molecule has 3 aromatic rings. The van der Waals surface area contributed by atoms with Crippen molar-refractivity contribution in [3.63, 3.8) is 0 Å². The number of aromatic nitrogens is 2. The number of nitrogens with zero attached hydrogens (tertiary/aromatic N) is 3. The van der Waals surface area contributed by atoms with Crippen molar-refractivity contribution >= 4 is 39.3 Å². The molecule has 0 unspecified atom stereocenters. The summed E-state index contributed by atoms with van der Waals surface area (Å²) in [6, 6.07) is 13.0. The molecule has 1 aliphatic carbocycles. The van der Waals surface area contributed by atoms with E-state index >= 15 is 0 Å². The van der Waals surface area contributed by atoms with E-state index in [0.717, 1.165) is 54.5 Å². The van der Waals surface area contributed by atoms with E-state index in [1.807, 2.05) is 37.2 Å². The van der Waals surface area contributed by atoms with Gasteiger partial charge < -0.3 is 20.3 Å². The van der Waals surface area contributed by atoms with Crippen LogP contribution in [0.1, 0.15) is 31.2 Å². The quantitative estimate of drug-likeness (QED) is 0.455. The fraction of sp³-hybridized carbons (Fsp3) is 0.407. The highest BCUT2D eigenvalue weighted by Crippen LogP contribution is 2.36. The highest BCUT2D eigenvalue weighted by molar-refractivity contribution is 6.49. The molecule has 5 rings (SSSR count). The molecule has 2 aromatic carbocycles. The maximum absolute atomic E-state index is 13.6. The standard InChI is InChI=1S/C27H31ClFN5O/c1-34(2)26-21-5-3-4-6-23(21)32-27(33-26)31-20-10-7-17(8-11-20)14-30-15-18-16-35-24-12-9-19(29)13-22(24)25(18)28/h3-6,9,12-13,17,20,30H,7-8,10-11,14-16H2,1-2H3,(H,31,32,33). The number of benzene rings is 2. The summed E-state index contributed by atoms with van der Waals surface area (Å²) in [5, 5.41) is 8.77. The highest BCUT2D eigenvalue weighted by Gasteiger charge is 2.23. The van der Waals surface area contributed by atoms with Crippen molar-refractivity contribution in [1.82, 2.24) is 15.3 Å². The van der Waals surface area contributed by atoms with Gasteiger partial charge in [0.25, 0.3) is 0 Å². The molecule has 0 spiro atoms. The number of para-hydroxylation sites is 1. The van der Waals surface area contributed by atoms with Gasteiger partial charge in [0.15, 0.2) is 0 Å². The second-order valence-electron chi connectivity index (χ2n) is 9.62. The zero-order chi connectivity index (χ0) is 24.4. The Morgan fingerprint density at radius 1 is 1.09 bits per heavy atom. The van der Waals surface area contributed by atoms with Crippen LogP contribution in [0.15, 0.2) is 48.0 Å². The maximum Gasteiger partial charge on any atom is 0.225 e. The van der Waals surface area contributed by atoms with Crippen molar-refractivity contribution in [3.05, 3.63) is 59.4 Å². The second kappa shape index (κ2) is 10.4. The minimum Gasteiger partial charge on any atom is -0.488 e. The summed E-state index contributed by atoms with van der Waals surface area (Å²) in [5.41, 5.74) is 2.55. The van der Waals surface area contributed by atoms with E-state index in [9.17, 15) is 4.39 Å². The summed E-state index contributed by atoms with van der Waals surface area (Å²) < 4.78 is 19.4. The number of hydrogen-bond acceptors (Lipinski definition) is 6. The van der Waals surface area contributed by atoms with Gasteiger partial charge in [-0.15, -0.1) is 0 Å². The topological polar surface area (TPSA) is 62.3 Å². The molecule has 6 nitrogen and oxygen atoms in total. The average molecular weight is 496 g/mol. The first-order chi connectivity index (χ1) is 17.0. The molecule has 8 heteroatoms. The second-order valence-corrected chi connectivity index (χ2v) is 10.00. The summed E-state index contributed by atoms with van der Waals surface area (Å²) in [6.45, 7) is 2.00. The fourth-order valence-corrected chi connectivity index (χ4v) is 5.20. The molecular formula is C27H31ClFN5O. The first-order valence-electron chi connectivity index (χ1n) is 12.2. The SMILES string of the molecule is CN(C)c1nc(NC2CCC(CNCC3=C(Cl)c4cc(F)ccc4OC3)CC2)nc2ccccc12. The predicted molar refractivity (Wildman–Crippen MR) is 141 cm³/mol. The summed E-state index contributed by atoms with van der Waals surface area (Å²) in [6.07, 6.45) is 4.43. The molecule has 0 bridgehead atoms. The largest absolute Gasteiger partial charge is 0.488 e. The third kappa shape index (κ3) is 5.36. The number of halogens is 2. The number of nitrogens with one attached hydrogen (secondary N) is 2. The van der Waals surface area contributed by atoms with E-state index < -0.39 is 0 Å². The normalized spacial score (nSPS) is 19.9. The van der Waals surface area contributed by atoms with Crippen LogP contribution in [0, 0.1) is 11.7 Å². The van der Waals surface area contributed by atoms with Gasteiger partial charge in [0.1, 0.15) is 24.0 Å². The van der Waals surface area contributed by atoms with Crippen molar-refractivity contribution in [2.45, 2.75) is 31.7 Å². The molecule has 1 saturated carbocycles. The molecule has 0 saturated heterocycles. The molecule has 2 heterocycles. The first-order valence-corrected chi connectivity index (χ1v) is 12.6. The number of fused-ring (bicyclic) bond motifs is 2. The fourth-order valence-electron chi connectivity index (χ4n) is 4.93. The zero-order valence-corrected chi connectivity index (χ0v) is 20.9. The first kappa shape index (κ1) is 23.8. The van der Waals surface area contributed by atoms with Crippen molar-refractivity contribution in [2.75, 3.05) is 44.0 Å². The Morgan fingerprint density at radius 2 is 1.89 bits per heavy atom. The lowest BCUT2D eigenvalue weighted by molar-refractivity contribution is 0.319. The van der Waals surface area contributed by atoms with E-state index in [0.29, 0.717) is 47.4 Å². The molecule has 0 atom stereocenters. The third-order valence-electron chi connectivity index (χ3n) is 6.85. The van der Waals surface area contributed by atoms with Gasteiger partial charge in [0.2, 0.25) is 5.95 Å². The van der Waals surface area contributed by atoms with Gasteiger partial charge in [-0.3, -0.25) is 0 Å². The lowest BCUT2D eigenvalue weighted by Gasteiger charge is -2.30. The zero-order valence-electron chi connectivity index (χ0n) is 20.2. The van der Waals surface area contributed by atoms with Gasteiger partial charge >= 0.3 is 0 Å². The van der Waals surface area contributed by atoms with Gasteiger partial charge in [0.05, 0.1) is 10.5 Å². The van der Waals surface area contributed by atoms with Crippen LogP contribution in [0.3, 0.4) is 0 Å². The molecule has 35 heavy (non-hydrogen) atoms. The Kier molecular flexibility index (Phi) is 7.07. The Morgan fingerprint density at radius 3 is 2.69 bits per heavy atom. The van der Waals surface area contributed by atoms with Gasteiger partial charge in [0, 0.05) is 43.2 Å². The Labute approximate surface area is 210 Å². The van der Waals surface area contributed by atoms with Gasteiger partial charge in [-0.05, 0) is 68.5 Å². The van der Waals surface area contributed by atoms with Crippen LogP contribution in [0.25, 0.3) is 15.9 Å². The van der Waals surface area contributed by atoms with Gasteiger partial charge in [-0.25, -0.2) is 9.37 Å². The summed E-state index contributed by atoms with van der Waals surface area (Å²) in [4.78, 5) is 11.6.